The number of aliphatic carboxylic acids is 1. The highest BCUT2D eigenvalue weighted by Gasteiger charge is 2.46. The smallest absolute Gasteiger partial charge is 0.326 e. The number of likely N-dealkylation sites (tertiary alicyclic amines) is 1. The number of carbonyl (C=O) groups excluding carboxylic acids is 16. The second kappa shape index (κ2) is 59.9. The van der Waals surface area contributed by atoms with E-state index in [4.69, 9.17) is 56.7 Å². The minimum Gasteiger partial charge on any atom is -0.508 e. The van der Waals surface area contributed by atoms with Gasteiger partial charge in [0.25, 0.3) is 0 Å². The number of carboxylic acids is 1. The fourth-order valence-electron chi connectivity index (χ4n) is 14.2. The van der Waals surface area contributed by atoms with Crippen molar-refractivity contribution in [3.05, 3.63) is 59.7 Å². The van der Waals surface area contributed by atoms with Gasteiger partial charge < -0.3 is 161 Å². The monoisotopic (exact) mass is 1970 g/mol. The van der Waals surface area contributed by atoms with E-state index in [-0.39, 0.29) is 146 Å². The van der Waals surface area contributed by atoms with Crippen molar-refractivity contribution >= 4 is 138 Å². The zero-order valence-corrected chi connectivity index (χ0v) is 80.6. The van der Waals surface area contributed by atoms with E-state index in [2.05, 4.69) is 110 Å². The molecule has 1 fully saturated rings. The molecule has 0 unspecified atom stereocenters. The van der Waals surface area contributed by atoms with Gasteiger partial charge in [-0.05, 0) is 164 Å². The number of benzene rings is 2. The lowest BCUT2D eigenvalue weighted by molar-refractivity contribution is -0.142. The lowest BCUT2D eigenvalue weighted by Crippen LogP contribution is -2.64. The number of carbonyl (C=O) groups is 17. The number of guanidine groups is 2. The van der Waals surface area contributed by atoms with Crippen LogP contribution in [-0.4, -0.2) is 308 Å². The first-order valence-corrected chi connectivity index (χ1v) is 46.5. The van der Waals surface area contributed by atoms with Crippen LogP contribution in [0.15, 0.2) is 48.5 Å². The quantitative estimate of drug-likeness (QED) is 0.0127. The van der Waals surface area contributed by atoms with Crippen LogP contribution in [0.25, 0.3) is 0 Å². The molecule has 1 aliphatic heterocycles. The molecule has 2 aromatic rings. The Morgan fingerprint density at radius 2 is 0.796 bits per heavy atom. The molecule has 0 spiro atoms. The van der Waals surface area contributed by atoms with E-state index in [1.54, 1.807) is 41.5 Å². The molecule has 51 heteroatoms. The van der Waals surface area contributed by atoms with Crippen LogP contribution in [0, 0.1) is 28.6 Å². The minimum absolute atomic E-state index is 0.0125. The second-order valence-corrected chi connectivity index (χ2v) is 36.3. The highest BCUT2D eigenvalue weighted by Crippen LogP contribution is 2.25. The lowest BCUT2D eigenvalue weighted by Gasteiger charge is -2.34. The first-order chi connectivity index (χ1) is 64.4. The van der Waals surface area contributed by atoms with Crippen molar-refractivity contribution in [2.75, 3.05) is 51.6 Å². The van der Waals surface area contributed by atoms with Gasteiger partial charge in [0, 0.05) is 49.4 Å². The number of phenolic OH excluding ortho intramolecular Hbond substituents is 2. The van der Waals surface area contributed by atoms with E-state index < -0.39 is 251 Å². The third-order valence-electron chi connectivity index (χ3n) is 22.7. The largest absolute Gasteiger partial charge is 0.508 e. The maximum Gasteiger partial charge on any atom is 0.326 e. The molecule has 1 saturated heterocycles. The van der Waals surface area contributed by atoms with E-state index >= 15 is 0 Å². The number of hydrogen-bond acceptors (Lipinski definition) is 30. The van der Waals surface area contributed by atoms with Crippen LogP contribution in [0.5, 0.6) is 11.5 Å². The molecule has 39 N–H and O–H groups in total. The normalized spacial score (nSPS) is 16.9. The Hall–Kier alpha value is -12.0. The molecule has 0 bridgehead atoms. The first kappa shape index (κ1) is 119. The Kier molecular flexibility index (Phi) is 52.1. The molecule has 0 radical (unpaired) electrons. The van der Waals surface area contributed by atoms with Crippen LogP contribution >= 0.6 is 25.3 Å². The fraction of sp³-hybridized carbons (Fsp3) is 0.640. The van der Waals surface area contributed by atoms with E-state index in [1.807, 2.05) is 0 Å². The Morgan fingerprint density at radius 3 is 1.18 bits per heavy atom. The molecule has 16 amide bonds. The number of unbranched alkanes of at least 4 members (excludes halogenated alkanes) is 1. The summed E-state index contributed by atoms with van der Waals surface area (Å²) in [5.74, 6) is -21.0. The van der Waals surface area contributed by atoms with Crippen LogP contribution in [0.1, 0.15) is 163 Å². The van der Waals surface area contributed by atoms with Gasteiger partial charge in [-0.2, -0.15) is 25.3 Å². The number of thiol groups is 2. The van der Waals surface area contributed by atoms with Crippen LogP contribution in [0.4, 0.5) is 0 Å². The summed E-state index contributed by atoms with van der Waals surface area (Å²) in [4.78, 5) is 242. The van der Waals surface area contributed by atoms with Crippen LogP contribution in [0.2, 0.25) is 0 Å². The number of aromatic hydroxyl groups is 2. The van der Waals surface area contributed by atoms with Crippen molar-refractivity contribution in [2.45, 2.75) is 279 Å². The van der Waals surface area contributed by atoms with Gasteiger partial charge in [0.15, 0.2) is 11.9 Å². The number of nitrogens with one attached hydrogen (secondary N) is 18. The molecule has 1 heterocycles. The molecule has 3 rings (SSSR count). The van der Waals surface area contributed by atoms with Crippen molar-refractivity contribution in [2.24, 2.45) is 63.6 Å². The highest BCUT2D eigenvalue weighted by molar-refractivity contribution is 7.81. The summed E-state index contributed by atoms with van der Waals surface area (Å²) >= 11 is 8.87. The van der Waals surface area contributed by atoms with Gasteiger partial charge in [-0.3, -0.25) is 87.5 Å². The molecule has 2 aromatic carbocycles. The minimum atomic E-state index is -1.97. The van der Waals surface area contributed by atoms with Crippen molar-refractivity contribution < 1.29 is 107 Å². The third-order valence-corrected chi connectivity index (χ3v) is 23.3. The van der Waals surface area contributed by atoms with Crippen LogP contribution in [-0.2, 0) is 94.3 Å². The molecule has 0 saturated carbocycles. The number of nitrogens with two attached hydrogens (primary N) is 8. The van der Waals surface area contributed by atoms with Gasteiger partial charge in [0.1, 0.15) is 102 Å². The maximum absolute atomic E-state index is 15.0. The van der Waals surface area contributed by atoms with E-state index in [9.17, 15) is 107 Å². The van der Waals surface area contributed by atoms with Gasteiger partial charge in [-0.1, -0.05) is 78.6 Å². The topological polar surface area (TPSA) is 843 Å². The number of amides is 16. The average Bonchev–Trinajstić information content (AvgIpc) is 1.71. The first-order valence-electron chi connectivity index (χ1n) is 45.4. The number of hydrogen-bond donors (Lipinski definition) is 33. The molecule has 1 aliphatic rings. The van der Waals surface area contributed by atoms with Crippen molar-refractivity contribution in [1.82, 2.24) is 90.0 Å². The standard InChI is InChI=1S/C86H145N27O22S2/c1-10-43(5)64(109-75(126)57(36-46-19-23-48(115)24-20-46)106-81(132)67(86(8,9)137)112-79(130)65(44(6)11-2)110-77(128)61-38-50(117)40-113(61)82(133)63(92)42(3)4)78(129)105-58(39-62(91)118)74(125)101-53(18-15-35-98-85(95)96)70(121)103-56(29-33-90)73(124)111-66(45(7)114)80(131)104-55(28-32-89)71(122)99-51(16-12-13-30-87)68(119)100-52(17-14-34-97-84(93)94)69(120)102-54(27-31-88)72(123)108-60(41-136)76(127)107-59(83(134)135)37-47-21-25-49(116)26-22-47/h19-26,42-45,50-61,63-67,114-117,136-137H,10-18,27-41,87-90,92H2,1-9H3,(H2,91,118)(H,99,122)(H,100,119)(H,101,125)(H,102,120)(H,103,121)(H,104,131)(H,105,129)(H,106,132)(H,107,127)(H,108,123)(H,109,126)(H,110,128)(H,111,124)(H,112,130)(H,134,135)(H4,93,94,97)(H4,95,96,98)/t43-,44-,45+,50+,51-,52-,53-,54-,55+,56-,57-,58-,59-,60-,61-,63-,64-,65-,66-,67+/m0/s1. The Morgan fingerprint density at radius 1 is 0.453 bits per heavy atom. The summed E-state index contributed by atoms with van der Waals surface area (Å²) in [7, 11) is 0. The van der Waals surface area contributed by atoms with E-state index in [0.29, 0.717) is 24.0 Å². The third kappa shape index (κ3) is 41.1. The van der Waals surface area contributed by atoms with Crippen molar-refractivity contribution in [3.8, 4) is 11.5 Å². The summed E-state index contributed by atoms with van der Waals surface area (Å²) in [6.45, 7) is 13.0. The van der Waals surface area contributed by atoms with E-state index in [1.165, 1.54) is 62.4 Å². The van der Waals surface area contributed by atoms with E-state index in [0.717, 1.165) is 11.8 Å². The molecule has 0 aromatic heterocycles. The summed E-state index contributed by atoms with van der Waals surface area (Å²) < 4.78 is -1.46. The van der Waals surface area contributed by atoms with Crippen molar-refractivity contribution in [3.63, 3.8) is 0 Å². The number of nitrogens with zero attached hydrogens (tertiary/aromatic N) is 1. The molecule has 137 heavy (non-hydrogen) atoms. The number of aliphatic hydroxyl groups excluding tert-OH is 2. The number of phenols is 2. The number of β-amino-alcohol motifs (C(OH)–C–C–N with tert-alkyl or cyclic N) is 1. The lowest BCUT2D eigenvalue weighted by atomic mass is 9.95. The second-order valence-electron chi connectivity index (χ2n) is 34.8. The summed E-state index contributed by atoms with van der Waals surface area (Å²) in [6, 6.07) is -14.0. The predicted octanol–water partition coefficient (Wildman–Crippen LogP) is -8.61. The molecular formula is C86H145N27O22S2. The number of aliphatic hydroxyl groups is 2. The average molecular weight is 1970 g/mol. The molecule has 49 nitrogen and oxygen atoms in total. The number of rotatable bonds is 62. The molecular weight excluding hydrogens is 1830 g/mol. The summed E-state index contributed by atoms with van der Waals surface area (Å²) in [5, 5.41) is 107. The molecule has 768 valence electrons. The van der Waals surface area contributed by atoms with Gasteiger partial charge in [-0.25, -0.2) is 4.79 Å². The van der Waals surface area contributed by atoms with Gasteiger partial charge in [-0.15, -0.1) is 0 Å². The Bertz CT molecular complexity index is 4390. The van der Waals surface area contributed by atoms with Crippen molar-refractivity contribution in [1.29, 1.82) is 10.8 Å². The number of primary amides is 1. The predicted molar refractivity (Wildman–Crippen MR) is 511 cm³/mol. The van der Waals surface area contributed by atoms with Gasteiger partial charge in [0.2, 0.25) is 94.5 Å². The fourth-order valence-corrected chi connectivity index (χ4v) is 14.7. The zero-order valence-electron chi connectivity index (χ0n) is 78.9. The summed E-state index contributed by atoms with van der Waals surface area (Å²) in [6.07, 6.45) is -5.43. The molecule has 20 atom stereocenters. The maximum atomic E-state index is 15.0. The molecule has 0 aliphatic carbocycles. The van der Waals surface area contributed by atoms with Crippen LogP contribution < -0.4 is 131 Å². The highest BCUT2D eigenvalue weighted by atomic mass is 32.1. The zero-order chi connectivity index (χ0) is 103. The SMILES string of the molecule is CC[C@H](C)[C@H](NC(=O)[C@H](Cc1ccc(O)cc1)NC(=O)[C@@H](NC(=O)[C@@H](NC(=O)[C@@H]1C[C@@H](O)CN1C(=O)[C@@H](N)C(C)C)[C@@H](C)CC)C(C)(C)S)C(=O)N[C@@H](CC(N)=O)C(=O)N[C@@H](CCCNC(=N)N)C(=O)N[C@@H](CCN)C(=O)N[C@H](C(=O)N[C@H](CCN)C(=O)N[C@@H](CCCCN)C(=O)N[C@@H](CCCNC(=N)N)C(=O)N[C@@H](CCN)C(=O)N[C@@H](CS)C(=O)N[C@@H](Cc1ccc(O)cc1)C(=O)O)[C@@H](C)O. The van der Waals surface area contributed by atoms with Gasteiger partial charge in [0.05, 0.1) is 24.7 Å². The number of carboxylic acid groups (broad SMARTS) is 1. The van der Waals surface area contributed by atoms with Crippen LogP contribution in [0.3, 0.4) is 0 Å². The summed E-state index contributed by atoms with van der Waals surface area (Å²) in [5.41, 5.74) is 47.3. The Balaban J connectivity index is 1.97. The van der Waals surface area contributed by atoms with Gasteiger partial charge >= 0.3 is 5.97 Å². The Labute approximate surface area is 806 Å².